The first-order chi connectivity index (χ1) is 15.1. The second-order valence-electron chi connectivity index (χ2n) is 7.03. The summed E-state index contributed by atoms with van der Waals surface area (Å²) in [5.74, 6) is -0.144. The van der Waals surface area contributed by atoms with E-state index in [2.05, 4.69) is 5.32 Å². The van der Waals surface area contributed by atoms with E-state index in [0.717, 1.165) is 10.6 Å². The van der Waals surface area contributed by atoms with Crippen molar-refractivity contribution in [3.8, 4) is 5.75 Å². The summed E-state index contributed by atoms with van der Waals surface area (Å²) in [7, 11) is -6.09. The summed E-state index contributed by atoms with van der Waals surface area (Å²) >= 11 is 0. The Bertz CT molecular complexity index is 1160. The van der Waals surface area contributed by atoms with Crippen LogP contribution in [-0.4, -0.2) is 73.3 Å². The van der Waals surface area contributed by atoms with Crippen molar-refractivity contribution in [1.29, 1.82) is 0 Å². The summed E-state index contributed by atoms with van der Waals surface area (Å²) < 4.78 is 62.8. The van der Waals surface area contributed by atoms with Crippen molar-refractivity contribution < 1.29 is 31.1 Å². The highest BCUT2D eigenvalue weighted by atomic mass is 32.2. The molecule has 2 aromatic rings. The number of anilines is 2. The van der Waals surface area contributed by atoms with Crippen LogP contribution >= 0.6 is 0 Å². The fourth-order valence-electron chi connectivity index (χ4n) is 3.19. The van der Waals surface area contributed by atoms with Crippen LogP contribution in [0, 0.1) is 0 Å². The van der Waals surface area contributed by atoms with Gasteiger partial charge in [-0.3, -0.25) is 9.10 Å². The van der Waals surface area contributed by atoms with Crippen molar-refractivity contribution in [2.24, 2.45) is 0 Å². The van der Waals surface area contributed by atoms with E-state index in [1.807, 2.05) is 0 Å². The SMILES string of the molecule is COc1ccccc1NC(=O)CN(c1ccc(S(=O)(=O)N2CCOCC2)cc1)S(C)(=O)=O. The molecular weight excluding hydrogens is 458 g/mol. The Hall–Kier alpha value is -2.67. The fraction of sp³-hybridized carbons (Fsp3) is 0.350. The Kier molecular flexibility index (Phi) is 7.39. The van der Waals surface area contributed by atoms with Crippen LogP contribution in [-0.2, 0) is 29.6 Å². The highest BCUT2D eigenvalue weighted by Gasteiger charge is 2.27. The molecule has 3 rings (SSSR count). The van der Waals surface area contributed by atoms with Crippen molar-refractivity contribution in [1.82, 2.24) is 4.31 Å². The second-order valence-corrected chi connectivity index (χ2v) is 10.9. The maximum atomic E-state index is 12.8. The van der Waals surface area contributed by atoms with Gasteiger partial charge >= 0.3 is 0 Å². The molecule has 0 aliphatic carbocycles. The Morgan fingerprint density at radius 2 is 1.69 bits per heavy atom. The molecule has 0 unspecified atom stereocenters. The van der Waals surface area contributed by atoms with Crippen LogP contribution in [0.5, 0.6) is 5.75 Å². The first kappa shape index (κ1) is 24.0. The molecular formula is C20H25N3O7S2. The van der Waals surface area contributed by atoms with Crippen LogP contribution in [0.3, 0.4) is 0 Å². The third kappa shape index (κ3) is 5.57. The van der Waals surface area contributed by atoms with Gasteiger partial charge in [0.15, 0.2) is 0 Å². The summed E-state index contributed by atoms with van der Waals surface area (Å²) in [6, 6.07) is 12.1. The van der Waals surface area contributed by atoms with Gasteiger partial charge in [-0.05, 0) is 36.4 Å². The maximum absolute atomic E-state index is 12.8. The number of ether oxygens (including phenoxy) is 2. The number of sulfonamides is 2. The quantitative estimate of drug-likeness (QED) is 0.597. The molecule has 0 atom stereocenters. The molecule has 0 aromatic heterocycles. The highest BCUT2D eigenvalue weighted by Crippen LogP contribution is 2.25. The number of hydrogen-bond acceptors (Lipinski definition) is 7. The Morgan fingerprint density at radius 3 is 2.28 bits per heavy atom. The molecule has 10 nitrogen and oxygen atoms in total. The molecule has 174 valence electrons. The standard InChI is InChI=1S/C20H25N3O7S2/c1-29-19-6-4-3-5-18(19)21-20(24)15-23(31(2,25)26)16-7-9-17(10-8-16)32(27,28)22-11-13-30-14-12-22/h3-10H,11-15H2,1-2H3,(H,21,24). The van der Waals surface area contributed by atoms with E-state index in [1.54, 1.807) is 24.3 Å². The average molecular weight is 484 g/mol. The molecule has 1 saturated heterocycles. The third-order valence-corrected chi connectivity index (χ3v) is 7.85. The van der Waals surface area contributed by atoms with Gasteiger partial charge in [0.1, 0.15) is 12.3 Å². The molecule has 1 amide bonds. The summed E-state index contributed by atoms with van der Waals surface area (Å²) in [5.41, 5.74) is 0.573. The van der Waals surface area contributed by atoms with E-state index in [1.165, 1.54) is 35.7 Å². The van der Waals surface area contributed by atoms with Gasteiger partial charge < -0.3 is 14.8 Å². The summed E-state index contributed by atoms with van der Waals surface area (Å²) in [6.07, 6.45) is 0.974. The number of benzene rings is 2. The third-order valence-electron chi connectivity index (χ3n) is 4.80. The van der Waals surface area contributed by atoms with E-state index < -0.39 is 32.5 Å². The molecule has 0 bridgehead atoms. The van der Waals surface area contributed by atoms with Gasteiger partial charge in [0.05, 0.1) is 42.8 Å². The largest absolute Gasteiger partial charge is 0.495 e. The van der Waals surface area contributed by atoms with Gasteiger partial charge in [-0.25, -0.2) is 16.8 Å². The number of nitrogens with zero attached hydrogens (tertiary/aromatic N) is 2. The molecule has 1 fully saturated rings. The molecule has 1 heterocycles. The van der Waals surface area contributed by atoms with Crippen LogP contribution in [0.1, 0.15) is 0 Å². The van der Waals surface area contributed by atoms with Crippen molar-refractivity contribution in [3.05, 3.63) is 48.5 Å². The minimum absolute atomic E-state index is 0.0371. The van der Waals surface area contributed by atoms with E-state index >= 15 is 0 Å². The highest BCUT2D eigenvalue weighted by molar-refractivity contribution is 7.92. The van der Waals surface area contributed by atoms with E-state index in [-0.39, 0.29) is 23.7 Å². The van der Waals surface area contributed by atoms with Crippen LogP contribution in [0.4, 0.5) is 11.4 Å². The molecule has 2 aromatic carbocycles. The van der Waals surface area contributed by atoms with Crippen LogP contribution in [0.25, 0.3) is 0 Å². The fourth-order valence-corrected chi connectivity index (χ4v) is 5.45. The molecule has 0 spiro atoms. The number of methoxy groups -OCH3 is 1. The van der Waals surface area contributed by atoms with Crippen molar-refractivity contribution in [2.45, 2.75) is 4.90 Å². The molecule has 1 N–H and O–H groups in total. The summed E-state index contributed by atoms with van der Waals surface area (Å²) in [4.78, 5) is 12.6. The minimum Gasteiger partial charge on any atom is -0.495 e. The van der Waals surface area contributed by atoms with Crippen LogP contribution in [0.15, 0.2) is 53.4 Å². The zero-order valence-electron chi connectivity index (χ0n) is 17.7. The van der Waals surface area contributed by atoms with Crippen LogP contribution < -0.4 is 14.4 Å². The lowest BCUT2D eigenvalue weighted by molar-refractivity contribution is -0.114. The van der Waals surface area contributed by atoms with Crippen molar-refractivity contribution in [3.63, 3.8) is 0 Å². The lowest BCUT2D eigenvalue weighted by Crippen LogP contribution is -2.40. The number of nitrogens with one attached hydrogen (secondary N) is 1. The number of hydrogen-bond donors (Lipinski definition) is 1. The predicted molar refractivity (Wildman–Crippen MR) is 120 cm³/mol. The number of rotatable bonds is 8. The van der Waals surface area contributed by atoms with Gasteiger partial charge in [0.25, 0.3) is 0 Å². The van der Waals surface area contributed by atoms with Gasteiger partial charge in [-0.2, -0.15) is 4.31 Å². The van der Waals surface area contributed by atoms with Gasteiger partial charge in [-0.1, -0.05) is 12.1 Å². The lowest BCUT2D eigenvalue weighted by atomic mass is 10.3. The number of morpholine rings is 1. The first-order valence-electron chi connectivity index (χ1n) is 9.71. The Morgan fingerprint density at radius 1 is 1.06 bits per heavy atom. The molecule has 0 radical (unpaired) electrons. The second kappa shape index (κ2) is 9.86. The molecule has 1 aliphatic heterocycles. The lowest BCUT2D eigenvalue weighted by Gasteiger charge is -2.26. The first-order valence-corrected chi connectivity index (χ1v) is 13.0. The molecule has 0 saturated carbocycles. The summed E-state index contributed by atoms with van der Waals surface area (Å²) in [6.45, 7) is 0.652. The van der Waals surface area contributed by atoms with Crippen molar-refractivity contribution >= 4 is 37.3 Å². The molecule has 1 aliphatic rings. The monoisotopic (exact) mass is 483 g/mol. The number of para-hydroxylation sites is 2. The summed E-state index contributed by atoms with van der Waals surface area (Å²) in [5, 5.41) is 2.63. The number of amides is 1. The Labute approximate surface area is 187 Å². The Balaban J connectivity index is 1.80. The predicted octanol–water partition coefficient (Wildman–Crippen LogP) is 1.12. The van der Waals surface area contributed by atoms with Gasteiger partial charge in [0, 0.05) is 13.1 Å². The minimum atomic E-state index is -3.82. The average Bonchev–Trinajstić information content (AvgIpc) is 2.78. The van der Waals surface area contributed by atoms with Gasteiger partial charge in [0.2, 0.25) is 26.0 Å². The topological polar surface area (TPSA) is 122 Å². The number of carbonyl (C=O) groups excluding carboxylic acids is 1. The van der Waals surface area contributed by atoms with E-state index in [4.69, 9.17) is 9.47 Å². The molecule has 32 heavy (non-hydrogen) atoms. The van der Waals surface area contributed by atoms with E-state index in [0.29, 0.717) is 24.7 Å². The zero-order valence-corrected chi connectivity index (χ0v) is 19.4. The normalized spacial score (nSPS) is 15.2. The smallest absolute Gasteiger partial charge is 0.245 e. The van der Waals surface area contributed by atoms with Crippen molar-refractivity contribution in [2.75, 3.05) is 55.8 Å². The maximum Gasteiger partial charge on any atom is 0.245 e. The molecule has 12 heteroatoms. The van der Waals surface area contributed by atoms with E-state index in [9.17, 15) is 21.6 Å². The van der Waals surface area contributed by atoms with Crippen LogP contribution in [0.2, 0.25) is 0 Å². The zero-order chi connectivity index (χ0) is 23.4. The van der Waals surface area contributed by atoms with Gasteiger partial charge in [-0.15, -0.1) is 0 Å². The number of carbonyl (C=O) groups is 1.